The molecule has 27 heavy (non-hydrogen) atoms. The molecule has 0 saturated heterocycles. The molecule has 9 heteroatoms. The van der Waals surface area contributed by atoms with Crippen molar-refractivity contribution in [1.82, 2.24) is 4.98 Å². The first-order valence-corrected chi connectivity index (χ1v) is 9.85. The van der Waals surface area contributed by atoms with E-state index in [9.17, 15) is 21.6 Å². The van der Waals surface area contributed by atoms with Crippen molar-refractivity contribution in [3.63, 3.8) is 0 Å². The number of nitrogens with zero attached hydrogens (tertiary/aromatic N) is 1. The molecule has 146 valence electrons. The van der Waals surface area contributed by atoms with Crippen molar-refractivity contribution >= 4 is 15.7 Å². The molecule has 0 radical (unpaired) electrons. The van der Waals surface area contributed by atoms with Gasteiger partial charge in [0.25, 0.3) is 0 Å². The van der Waals surface area contributed by atoms with Gasteiger partial charge in [0.2, 0.25) is 10.0 Å². The number of benzene rings is 1. The average molecular weight is 399 g/mol. The van der Waals surface area contributed by atoms with Gasteiger partial charge in [0, 0.05) is 18.4 Å². The van der Waals surface area contributed by atoms with Gasteiger partial charge in [0.05, 0.1) is 4.90 Å². The summed E-state index contributed by atoms with van der Waals surface area (Å²) < 4.78 is 61.0. The van der Waals surface area contributed by atoms with Gasteiger partial charge in [0.1, 0.15) is 5.69 Å². The number of pyridine rings is 1. The monoisotopic (exact) mass is 399 g/mol. The van der Waals surface area contributed by atoms with Gasteiger partial charge in [-0.2, -0.15) is 13.2 Å². The smallest absolute Gasteiger partial charge is 0.385 e. The quantitative estimate of drug-likeness (QED) is 0.805. The summed E-state index contributed by atoms with van der Waals surface area (Å²) in [6.45, 7) is 4.65. The standard InChI is InChI=1S/C18H20F3N3O2S/c1-17(2)14(10-24-12-7-8-23-15(9-12)18(19,20)21)16(17)11-3-5-13(6-4-11)27(22,25)26/h3-9,14,16H,10H2,1-2H3,(H,23,24)(H2,22,25,26)/t14-,16-/m1/s1. The Morgan fingerprint density at radius 3 is 2.37 bits per heavy atom. The molecule has 1 heterocycles. The predicted octanol–water partition coefficient (Wildman–Crippen LogP) is 3.60. The summed E-state index contributed by atoms with van der Waals surface area (Å²) in [6, 6.07) is 8.91. The van der Waals surface area contributed by atoms with Crippen LogP contribution in [-0.4, -0.2) is 19.9 Å². The van der Waals surface area contributed by atoms with Crippen LogP contribution < -0.4 is 10.5 Å². The van der Waals surface area contributed by atoms with Crippen LogP contribution in [0.3, 0.4) is 0 Å². The summed E-state index contributed by atoms with van der Waals surface area (Å²) in [5, 5.41) is 8.17. The van der Waals surface area contributed by atoms with Crippen molar-refractivity contribution in [3.8, 4) is 0 Å². The molecule has 0 unspecified atom stereocenters. The van der Waals surface area contributed by atoms with E-state index in [1.165, 1.54) is 18.2 Å². The molecule has 5 nitrogen and oxygen atoms in total. The second-order valence-corrected chi connectivity index (χ2v) is 8.89. The summed E-state index contributed by atoms with van der Waals surface area (Å²) in [7, 11) is -3.74. The molecule has 2 aromatic rings. The maximum absolute atomic E-state index is 12.8. The number of aromatic nitrogens is 1. The number of rotatable bonds is 5. The van der Waals surface area contributed by atoms with Crippen molar-refractivity contribution in [2.45, 2.75) is 30.8 Å². The summed E-state index contributed by atoms with van der Waals surface area (Å²) >= 11 is 0. The molecule has 0 bridgehead atoms. The minimum atomic E-state index is -4.48. The minimum absolute atomic E-state index is 0.0517. The first kappa shape index (κ1) is 19.6. The topological polar surface area (TPSA) is 85.1 Å². The summed E-state index contributed by atoms with van der Waals surface area (Å²) in [6.07, 6.45) is -3.35. The predicted molar refractivity (Wildman–Crippen MR) is 95.6 cm³/mol. The molecule has 1 saturated carbocycles. The largest absolute Gasteiger partial charge is 0.433 e. The average Bonchev–Trinajstić information content (AvgIpc) is 3.12. The number of hydrogen-bond donors (Lipinski definition) is 2. The Labute approximate surface area is 155 Å². The molecule has 1 aromatic heterocycles. The molecule has 2 atom stereocenters. The molecule has 1 fully saturated rings. The van der Waals surface area contributed by atoms with E-state index in [2.05, 4.69) is 24.1 Å². The van der Waals surface area contributed by atoms with Gasteiger partial charge in [-0.05, 0) is 47.1 Å². The Kier molecular flexibility index (Phi) is 4.72. The van der Waals surface area contributed by atoms with Crippen LogP contribution in [0.4, 0.5) is 18.9 Å². The lowest BCUT2D eigenvalue weighted by Gasteiger charge is -2.10. The summed E-state index contributed by atoms with van der Waals surface area (Å²) in [4.78, 5) is 3.40. The van der Waals surface area contributed by atoms with Gasteiger partial charge in [-0.25, -0.2) is 13.6 Å². The summed E-state index contributed by atoms with van der Waals surface area (Å²) in [5.74, 6) is 0.365. The van der Waals surface area contributed by atoms with Gasteiger partial charge in [-0.1, -0.05) is 26.0 Å². The number of hydrogen-bond acceptors (Lipinski definition) is 4. The lowest BCUT2D eigenvalue weighted by Crippen LogP contribution is -2.12. The van der Waals surface area contributed by atoms with E-state index in [0.717, 1.165) is 17.8 Å². The van der Waals surface area contributed by atoms with E-state index in [4.69, 9.17) is 5.14 Å². The number of sulfonamides is 1. The molecule has 3 rings (SSSR count). The highest BCUT2D eigenvalue weighted by molar-refractivity contribution is 7.89. The molecular weight excluding hydrogens is 379 g/mol. The molecule has 0 amide bonds. The Bertz CT molecular complexity index is 941. The van der Waals surface area contributed by atoms with Gasteiger partial charge in [0.15, 0.2) is 0 Å². The zero-order chi connectivity index (χ0) is 20.0. The van der Waals surface area contributed by atoms with Crippen LogP contribution in [0.2, 0.25) is 0 Å². The zero-order valence-corrected chi connectivity index (χ0v) is 15.6. The third kappa shape index (κ3) is 4.08. The van der Waals surface area contributed by atoms with Crippen LogP contribution in [0.15, 0.2) is 47.5 Å². The van der Waals surface area contributed by atoms with Gasteiger partial charge < -0.3 is 5.32 Å². The summed E-state index contributed by atoms with van der Waals surface area (Å²) in [5.41, 5.74) is 0.349. The van der Waals surface area contributed by atoms with E-state index < -0.39 is 21.9 Å². The van der Waals surface area contributed by atoms with Crippen LogP contribution in [0.1, 0.15) is 31.0 Å². The number of nitrogens with two attached hydrogens (primary N) is 1. The number of alkyl halides is 3. The van der Waals surface area contributed by atoms with E-state index in [1.54, 1.807) is 12.1 Å². The van der Waals surface area contributed by atoms with Crippen molar-refractivity contribution < 1.29 is 21.6 Å². The van der Waals surface area contributed by atoms with E-state index >= 15 is 0 Å². The molecule has 0 spiro atoms. The molecule has 3 N–H and O–H groups in total. The number of primary sulfonamides is 1. The molecule has 0 aliphatic heterocycles. The first-order chi connectivity index (χ1) is 12.4. The lowest BCUT2D eigenvalue weighted by molar-refractivity contribution is -0.141. The van der Waals surface area contributed by atoms with Gasteiger partial charge in [-0.3, -0.25) is 4.98 Å². The first-order valence-electron chi connectivity index (χ1n) is 8.30. The van der Waals surface area contributed by atoms with Crippen LogP contribution in [-0.2, 0) is 16.2 Å². The minimum Gasteiger partial charge on any atom is -0.385 e. The van der Waals surface area contributed by atoms with Crippen molar-refractivity contribution in [3.05, 3.63) is 53.9 Å². The maximum atomic E-state index is 12.8. The molecular formula is C18H20F3N3O2S. The fourth-order valence-corrected chi connectivity index (χ4v) is 4.09. The second kappa shape index (κ2) is 6.49. The highest BCUT2D eigenvalue weighted by atomic mass is 32.2. The van der Waals surface area contributed by atoms with Crippen molar-refractivity contribution in [2.24, 2.45) is 16.5 Å². The van der Waals surface area contributed by atoms with Gasteiger partial charge >= 0.3 is 6.18 Å². The van der Waals surface area contributed by atoms with Crippen LogP contribution >= 0.6 is 0 Å². The fraction of sp³-hybridized carbons (Fsp3) is 0.389. The third-order valence-electron chi connectivity index (χ3n) is 5.19. The third-order valence-corrected chi connectivity index (χ3v) is 6.12. The Morgan fingerprint density at radius 1 is 1.19 bits per heavy atom. The van der Waals surface area contributed by atoms with E-state index in [1.807, 2.05) is 0 Å². The highest BCUT2D eigenvalue weighted by Gasteiger charge is 2.57. The van der Waals surface area contributed by atoms with E-state index in [-0.39, 0.29) is 22.1 Å². The fourth-order valence-electron chi connectivity index (χ4n) is 3.58. The molecule has 1 aromatic carbocycles. The Hall–Kier alpha value is -2.13. The SMILES string of the molecule is CC1(C)[C@H](CNc2ccnc(C(F)(F)F)c2)[C@H]1c1ccc(S(N)(=O)=O)cc1. The van der Waals surface area contributed by atoms with Crippen LogP contribution in [0, 0.1) is 11.3 Å². The van der Waals surface area contributed by atoms with Crippen molar-refractivity contribution in [2.75, 3.05) is 11.9 Å². The number of halogens is 3. The zero-order valence-electron chi connectivity index (χ0n) is 14.8. The van der Waals surface area contributed by atoms with Crippen LogP contribution in [0.25, 0.3) is 0 Å². The number of nitrogens with one attached hydrogen (secondary N) is 1. The van der Waals surface area contributed by atoms with Crippen molar-refractivity contribution in [1.29, 1.82) is 0 Å². The number of anilines is 1. The maximum Gasteiger partial charge on any atom is 0.433 e. The lowest BCUT2D eigenvalue weighted by atomic mass is 10.0. The van der Waals surface area contributed by atoms with Crippen LogP contribution in [0.5, 0.6) is 0 Å². The molecule has 1 aliphatic rings. The highest BCUT2D eigenvalue weighted by Crippen LogP contribution is 2.64. The Balaban J connectivity index is 1.70. The normalized spacial score (nSPS) is 21.7. The molecule has 1 aliphatic carbocycles. The van der Waals surface area contributed by atoms with Gasteiger partial charge in [-0.15, -0.1) is 0 Å². The van der Waals surface area contributed by atoms with E-state index in [0.29, 0.717) is 12.2 Å². The Morgan fingerprint density at radius 2 is 1.81 bits per heavy atom. The second-order valence-electron chi connectivity index (χ2n) is 7.33.